The molecule has 0 aromatic heterocycles. The van der Waals surface area contributed by atoms with Gasteiger partial charge in [-0.1, -0.05) is 89.0 Å². The normalized spacial score (nSPS) is 15.0. The summed E-state index contributed by atoms with van der Waals surface area (Å²) in [5, 5.41) is 9.99. The zero-order chi connectivity index (χ0) is 14.6. The molecule has 20 heavy (non-hydrogen) atoms. The largest absolute Gasteiger partial charge is 0.510 e. The number of nitrogens with two attached hydrogens (primary N) is 1. The van der Waals surface area contributed by atoms with Crippen molar-refractivity contribution in [3.8, 4) is 0 Å². The second kappa shape index (κ2) is 10.7. The fourth-order valence-corrected chi connectivity index (χ4v) is 2.57. The van der Waals surface area contributed by atoms with Crippen LogP contribution in [-0.4, -0.2) is 11.1 Å². The molecule has 1 aliphatic rings. The molecule has 0 aromatic rings. The Kier molecular flexibility index (Phi) is 9.14. The Balaban J connectivity index is 2.00. The molecule has 0 saturated carbocycles. The summed E-state index contributed by atoms with van der Waals surface area (Å²) in [6.07, 6.45) is 20.4. The minimum Gasteiger partial charge on any atom is -0.510 e. The Labute approximate surface area is 124 Å². The van der Waals surface area contributed by atoms with Gasteiger partial charge < -0.3 is 10.8 Å². The predicted molar refractivity (Wildman–Crippen MR) is 87.8 cm³/mol. The van der Waals surface area contributed by atoms with E-state index in [-0.39, 0.29) is 6.04 Å². The van der Waals surface area contributed by atoms with Crippen molar-refractivity contribution in [2.45, 2.75) is 77.2 Å². The highest BCUT2D eigenvalue weighted by molar-refractivity contribution is 5.42. The number of aliphatic hydroxyl groups is 1. The molecule has 1 rings (SSSR count). The van der Waals surface area contributed by atoms with Crippen molar-refractivity contribution in [2.75, 3.05) is 0 Å². The van der Waals surface area contributed by atoms with Gasteiger partial charge in [0.15, 0.2) is 0 Å². The number of hydrogen-bond donors (Lipinski definition) is 2. The molecule has 0 saturated heterocycles. The van der Waals surface area contributed by atoms with Crippen molar-refractivity contribution < 1.29 is 5.11 Å². The minimum atomic E-state index is -0.207. The van der Waals surface area contributed by atoms with E-state index in [1.54, 1.807) is 0 Å². The maximum absolute atomic E-state index is 9.99. The number of hydrogen-bond acceptors (Lipinski definition) is 2. The standard InChI is InChI=1S/C18H31NO/c1-2-3-4-5-6-7-8-9-10-15-17(19)18(20)16-13-11-12-14-16/h11-14,17,20H,2-10,15,19H2,1H3. The molecule has 2 nitrogen and oxygen atoms in total. The van der Waals surface area contributed by atoms with Gasteiger partial charge in [0.05, 0.1) is 6.04 Å². The van der Waals surface area contributed by atoms with Crippen LogP contribution in [0.4, 0.5) is 0 Å². The lowest BCUT2D eigenvalue weighted by Crippen LogP contribution is -2.23. The molecule has 0 heterocycles. The zero-order valence-electron chi connectivity index (χ0n) is 13.0. The second-order valence-electron chi connectivity index (χ2n) is 5.78. The van der Waals surface area contributed by atoms with Gasteiger partial charge in [-0.2, -0.15) is 0 Å². The fraction of sp³-hybridized carbons (Fsp3) is 0.667. The highest BCUT2D eigenvalue weighted by Crippen LogP contribution is 2.17. The molecule has 0 amide bonds. The van der Waals surface area contributed by atoms with Crippen molar-refractivity contribution in [2.24, 2.45) is 5.73 Å². The molecular formula is C18H31NO. The summed E-state index contributed by atoms with van der Waals surface area (Å²) in [6, 6.07) is -0.207. The molecular weight excluding hydrogens is 246 g/mol. The number of aliphatic hydroxyl groups excluding tert-OH is 1. The zero-order valence-corrected chi connectivity index (χ0v) is 13.0. The van der Waals surface area contributed by atoms with Crippen LogP contribution in [0, 0.1) is 0 Å². The summed E-state index contributed by atoms with van der Waals surface area (Å²) in [6.45, 7) is 2.26. The van der Waals surface area contributed by atoms with Crippen molar-refractivity contribution in [1.82, 2.24) is 0 Å². The van der Waals surface area contributed by atoms with Gasteiger partial charge >= 0.3 is 0 Å². The summed E-state index contributed by atoms with van der Waals surface area (Å²) >= 11 is 0. The summed E-state index contributed by atoms with van der Waals surface area (Å²) in [4.78, 5) is 0. The lowest BCUT2D eigenvalue weighted by Gasteiger charge is -2.12. The van der Waals surface area contributed by atoms with E-state index in [1.165, 1.54) is 51.4 Å². The van der Waals surface area contributed by atoms with Crippen LogP contribution in [0.25, 0.3) is 0 Å². The summed E-state index contributed by atoms with van der Waals surface area (Å²) in [5.74, 6) is 0.342. The van der Waals surface area contributed by atoms with Crippen molar-refractivity contribution >= 4 is 0 Å². The molecule has 114 valence electrons. The van der Waals surface area contributed by atoms with E-state index < -0.39 is 0 Å². The summed E-state index contributed by atoms with van der Waals surface area (Å²) in [7, 11) is 0. The highest BCUT2D eigenvalue weighted by Gasteiger charge is 2.11. The van der Waals surface area contributed by atoms with Crippen LogP contribution in [0.5, 0.6) is 0 Å². The quantitative estimate of drug-likeness (QED) is 0.404. The summed E-state index contributed by atoms with van der Waals surface area (Å²) in [5.41, 5.74) is 6.89. The topological polar surface area (TPSA) is 46.2 Å². The van der Waals surface area contributed by atoms with Gasteiger partial charge in [0, 0.05) is 5.57 Å². The predicted octanol–water partition coefficient (Wildman–Crippen LogP) is 5.17. The molecule has 0 aliphatic heterocycles. The van der Waals surface area contributed by atoms with Crippen molar-refractivity contribution in [3.05, 3.63) is 35.6 Å². The van der Waals surface area contributed by atoms with E-state index in [4.69, 9.17) is 5.73 Å². The van der Waals surface area contributed by atoms with E-state index in [9.17, 15) is 5.11 Å². The lowest BCUT2D eigenvalue weighted by molar-refractivity contribution is 0.351. The van der Waals surface area contributed by atoms with Crippen LogP contribution in [0.15, 0.2) is 35.6 Å². The van der Waals surface area contributed by atoms with Crippen LogP contribution >= 0.6 is 0 Å². The van der Waals surface area contributed by atoms with Crippen LogP contribution in [0.3, 0.4) is 0 Å². The van der Waals surface area contributed by atoms with Crippen molar-refractivity contribution in [1.29, 1.82) is 0 Å². The number of allylic oxidation sites excluding steroid dienone is 5. The Bertz CT molecular complexity index is 327. The molecule has 0 spiro atoms. The van der Waals surface area contributed by atoms with Gasteiger partial charge in [0.25, 0.3) is 0 Å². The second-order valence-corrected chi connectivity index (χ2v) is 5.78. The Morgan fingerprint density at radius 1 is 0.950 bits per heavy atom. The van der Waals surface area contributed by atoms with E-state index >= 15 is 0 Å². The third kappa shape index (κ3) is 6.95. The van der Waals surface area contributed by atoms with Gasteiger partial charge in [0.2, 0.25) is 0 Å². The molecule has 0 aromatic carbocycles. The third-order valence-corrected chi connectivity index (χ3v) is 3.93. The van der Waals surface area contributed by atoms with Crippen LogP contribution < -0.4 is 5.73 Å². The Morgan fingerprint density at radius 3 is 2.00 bits per heavy atom. The maximum Gasteiger partial charge on any atom is 0.116 e. The molecule has 2 heteroatoms. The maximum atomic E-state index is 9.99. The van der Waals surface area contributed by atoms with E-state index in [2.05, 4.69) is 6.92 Å². The highest BCUT2D eigenvalue weighted by atomic mass is 16.3. The molecule has 1 atom stereocenters. The van der Waals surface area contributed by atoms with E-state index in [0.29, 0.717) is 5.76 Å². The lowest BCUT2D eigenvalue weighted by atomic mass is 10.0. The molecule has 0 radical (unpaired) electrons. The average Bonchev–Trinajstić information content (AvgIpc) is 2.98. The first-order valence-corrected chi connectivity index (χ1v) is 8.29. The van der Waals surface area contributed by atoms with Crippen LogP contribution in [-0.2, 0) is 0 Å². The molecule has 1 unspecified atom stereocenters. The number of unbranched alkanes of at least 4 members (excludes halogenated alkanes) is 8. The van der Waals surface area contributed by atoms with E-state index in [0.717, 1.165) is 18.4 Å². The molecule has 0 bridgehead atoms. The van der Waals surface area contributed by atoms with E-state index in [1.807, 2.05) is 24.3 Å². The average molecular weight is 277 g/mol. The SMILES string of the molecule is CCCCCCCCCCCC(N)C(O)=C1C=CC=C1. The fourth-order valence-electron chi connectivity index (χ4n) is 2.57. The smallest absolute Gasteiger partial charge is 0.116 e. The van der Waals surface area contributed by atoms with Gasteiger partial charge in [0.1, 0.15) is 5.76 Å². The third-order valence-electron chi connectivity index (χ3n) is 3.93. The first-order chi connectivity index (χ1) is 9.75. The van der Waals surface area contributed by atoms with Crippen molar-refractivity contribution in [3.63, 3.8) is 0 Å². The minimum absolute atomic E-state index is 0.207. The Hall–Kier alpha value is -1.02. The van der Waals surface area contributed by atoms with Crippen LogP contribution in [0.1, 0.15) is 71.1 Å². The van der Waals surface area contributed by atoms with Crippen LogP contribution in [0.2, 0.25) is 0 Å². The molecule has 1 aliphatic carbocycles. The van der Waals surface area contributed by atoms with Gasteiger partial charge in [-0.3, -0.25) is 0 Å². The van der Waals surface area contributed by atoms with Gasteiger partial charge in [-0.05, 0) is 6.42 Å². The Morgan fingerprint density at radius 2 is 1.45 bits per heavy atom. The van der Waals surface area contributed by atoms with Gasteiger partial charge in [-0.25, -0.2) is 0 Å². The summed E-state index contributed by atoms with van der Waals surface area (Å²) < 4.78 is 0. The molecule has 0 fully saturated rings. The first kappa shape index (κ1) is 17.0. The van der Waals surface area contributed by atoms with Gasteiger partial charge in [-0.15, -0.1) is 0 Å². The first-order valence-electron chi connectivity index (χ1n) is 8.29. The number of rotatable bonds is 11. The monoisotopic (exact) mass is 277 g/mol. The molecule has 3 N–H and O–H groups in total.